The van der Waals surface area contributed by atoms with Gasteiger partial charge >= 0.3 is 5.97 Å². The highest BCUT2D eigenvalue weighted by Crippen LogP contribution is 2.27. The quantitative estimate of drug-likeness (QED) is 0.762. The van der Waals surface area contributed by atoms with Crippen LogP contribution < -0.4 is 10.0 Å². The summed E-state index contributed by atoms with van der Waals surface area (Å²) >= 11 is 0. The summed E-state index contributed by atoms with van der Waals surface area (Å²) in [7, 11) is -3.68. The molecule has 0 unspecified atom stereocenters. The van der Waals surface area contributed by atoms with E-state index in [2.05, 4.69) is 17.0 Å². The third kappa shape index (κ3) is 4.55. The Morgan fingerprint density at radius 2 is 2.00 bits per heavy atom. The Bertz CT molecular complexity index is 695. The zero-order chi connectivity index (χ0) is 17.8. The van der Waals surface area contributed by atoms with E-state index in [0.717, 1.165) is 25.9 Å². The molecule has 0 spiro atoms. The maximum Gasteiger partial charge on any atom is 0.338 e. The summed E-state index contributed by atoms with van der Waals surface area (Å²) in [4.78, 5) is 12.0. The molecule has 0 radical (unpaired) electrons. The molecule has 1 saturated heterocycles. The van der Waals surface area contributed by atoms with Gasteiger partial charge in [0.15, 0.2) is 0 Å². The molecular formula is C17H26N2O4S. The van der Waals surface area contributed by atoms with Gasteiger partial charge in [-0.3, -0.25) is 0 Å². The first kappa shape index (κ1) is 18.9. The Labute approximate surface area is 144 Å². The molecule has 1 fully saturated rings. The summed E-state index contributed by atoms with van der Waals surface area (Å²) in [5.41, 5.74) is 0.798. The lowest BCUT2D eigenvalue weighted by Gasteiger charge is -2.34. The molecule has 2 N–H and O–H groups in total. The third-order valence-electron chi connectivity index (χ3n) is 4.49. The molecule has 1 aliphatic heterocycles. The van der Waals surface area contributed by atoms with E-state index in [4.69, 9.17) is 4.74 Å². The number of esters is 1. The summed E-state index contributed by atoms with van der Waals surface area (Å²) in [6.07, 6.45) is 1.86. The van der Waals surface area contributed by atoms with Gasteiger partial charge in [0.05, 0.1) is 17.1 Å². The van der Waals surface area contributed by atoms with Gasteiger partial charge < -0.3 is 10.1 Å². The number of rotatable bonds is 6. The Morgan fingerprint density at radius 1 is 1.33 bits per heavy atom. The van der Waals surface area contributed by atoms with Gasteiger partial charge in [-0.05, 0) is 62.9 Å². The first-order valence-electron chi connectivity index (χ1n) is 8.25. The number of nitrogens with one attached hydrogen (secondary N) is 2. The molecule has 0 saturated carbocycles. The number of sulfonamides is 1. The van der Waals surface area contributed by atoms with Crippen LogP contribution in [0.5, 0.6) is 0 Å². The predicted molar refractivity (Wildman–Crippen MR) is 92.5 cm³/mol. The largest absolute Gasteiger partial charge is 0.462 e. The molecule has 0 aromatic heterocycles. The fraction of sp³-hybridized carbons (Fsp3) is 0.588. The smallest absolute Gasteiger partial charge is 0.338 e. The standard InChI is InChI=1S/C17H26N2O4S/c1-4-23-16(20)14-6-5-13(2)15(11-14)24(21,22)19-12-17(3)7-9-18-10-8-17/h5-6,11,18-19H,4,7-10,12H2,1-3H3. The minimum atomic E-state index is -3.68. The first-order chi connectivity index (χ1) is 11.3. The molecule has 0 amide bonds. The number of piperidine rings is 1. The SMILES string of the molecule is CCOC(=O)c1ccc(C)c(S(=O)(=O)NCC2(C)CCNCC2)c1. The van der Waals surface area contributed by atoms with Gasteiger partial charge in [-0.25, -0.2) is 17.9 Å². The van der Waals surface area contributed by atoms with Crippen LogP contribution in [-0.2, 0) is 14.8 Å². The second kappa shape index (κ2) is 7.63. The number of carbonyl (C=O) groups excluding carboxylic acids is 1. The van der Waals surface area contributed by atoms with Gasteiger partial charge in [-0.15, -0.1) is 0 Å². The average molecular weight is 354 g/mol. The van der Waals surface area contributed by atoms with Crippen molar-refractivity contribution in [1.29, 1.82) is 0 Å². The normalized spacial score (nSPS) is 17.5. The van der Waals surface area contributed by atoms with Crippen LogP contribution in [0, 0.1) is 12.3 Å². The first-order valence-corrected chi connectivity index (χ1v) is 9.74. The van der Waals surface area contributed by atoms with E-state index < -0.39 is 16.0 Å². The zero-order valence-corrected chi connectivity index (χ0v) is 15.3. The molecule has 24 heavy (non-hydrogen) atoms. The second-order valence-electron chi connectivity index (χ2n) is 6.59. The van der Waals surface area contributed by atoms with Crippen molar-refractivity contribution in [1.82, 2.24) is 10.0 Å². The molecular weight excluding hydrogens is 328 g/mol. The van der Waals surface area contributed by atoms with Gasteiger partial charge in [0.2, 0.25) is 10.0 Å². The fourth-order valence-electron chi connectivity index (χ4n) is 2.79. The van der Waals surface area contributed by atoms with E-state index in [1.807, 2.05) is 0 Å². The Hall–Kier alpha value is -1.44. The number of carbonyl (C=O) groups is 1. The third-order valence-corrected chi connectivity index (χ3v) is 6.03. The number of hydrogen-bond donors (Lipinski definition) is 2. The number of aryl methyl sites for hydroxylation is 1. The van der Waals surface area contributed by atoms with Crippen LogP contribution in [0.2, 0.25) is 0 Å². The predicted octanol–water partition coefficient (Wildman–Crippen LogP) is 1.84. The van der Waals surface area contributed by atoms with Crippen LogP contribution in [0.15, 0.2) is 23.1 Å². The van der Waals surface area contributed by atoms with E-state index in [-0.39, 0.29) is 22.5 Å². The van der Waals surface area contributed by atoms with Crippen LogP contribution in [0.4, 0.5) is 0 Å². The molecule has 1 aromatic carbocycles. The van der Waals surface area contributed by atoms with Crippen molar-refractivity contribution >= 4 is 16.0 Å². The van der Waals surface area contributed by atoms with Crippen molar-refractivity contribution in [3.05, 3.63) is 29.3 Å². The Balaban J connectivity index is 2.18. The Morgan fingerprint density at radius 3 is 2.62 bits per heavy atom. The highest BCUT2D eigenvalue weighted by molar-refractivity contribution is 7.89. The average Bonchev–Trinajstić information content (AvgIpc) is 2.54. The lowest BCUT2D eigenvalue weighted by Crippen LogP contribution is -2.43. The van der Waals surface area contributed by atoms with Gasteiger partial charge in [0.1, 0.15) is 0 Å². The summed E-state index contributed by atoms with van der Waals surface area (Å²) in [5, 5.41) is 3.28. The molecule has 0 bridgehead atoms. The van der Waals surface area contributed by atoms with E-state index in [9.17, 15) is 13.2 Å². The van der Waals surface area contributed by atoms with Crippen LogP contribution >= 0.6 is 0 Å². The van der Waals surface area contributed by atoms with Gasteiger partial charge in [-0.1, -0.05) is 13.0 Å². The number of hydrogen-bond acceptors (Lipinski definition) is 5. The molecule has 134 valence electrons. The van der Waals surface area contributed by atoms with Gasteiger partial charge in [-0.2, -0.15) is 0 Å². The van der Waals surface area contributed by atoms with Gasteiger partial charge in [0, 0.05) is 6.54 Å². The topological polar surface area (TPSA) is 84.5 Å². The van der Waals surface area contributed by atoms with Crippen molar-refractivity contribution in [3.8, 4) is 0 Å². The molecule has 0 aliphatic carbocycles. The van der Waals surface area contributed by atoms with E-state index in [1.54, 1.807) is 26.0 Å². The van der Waals surface area contributed by atoms with Crippen molar-refractivity contribution in [2.75, 3.05) is 26.2 Å². The van der Waals surface area contributed by atoms with E-state index in [0.29, 0.717) is 12.1 Å². The number of ether oxygens (including phenoxy) is 1. The summed E-state index contributed by atoms with van der Waals surface area (Å²) in [6, 6.07) is 4.61. The van der Waals surface area contributed by atoms with Crippen molar-refractivity contribution in [2.45, 2.75) is 38.5 Å². The molecule has 1 heterocycles. The fourth-order valence-corrected chi connectivity index (χ4v) is 4.25. The van der Waals surface area contributed by atoms with Crippen molar-refractivity contribution < 1.29 is 17.9 Å². The maximum absolute atomic E-state index is 12.7. The van der Waals surface area contributed by atoms with Crippen LogP contribution in [0.25, 0.3) is 0 Å². The lowest BCUT2D eigenvalue weighted by atomic mass is 9.81. The van der Waals surface area contributed by atoms with E-state index in [1.165, 1.54) is 6.07 Å². The summed E-state index contributed by atoms with van der Waals surface area (Å²) < 4.78 is 33.0. The molecule has 6 nitrogen and oxygen atoms in total. The second-order valence-corrected chi connectivity index (χ2v) is 8.32. The lowest BCUT2D eigenvalue weighted by molar-refractivity contribution is 0.0526. The molecule has 1 aromatic rings. The highest BCUT2D eigenvalue weighted by atomic mass is 32.2. The summed E-state index contributed by atoms with van der Waals surface area (Å²) in [6.45, 7) is 7.96. The van der Waals surface area contributed by atoms with Crippen molar-refractivity contribution in [2.24, 2.45) is 5.41 Å². The Kier molecular flexibility index (Phi) is 6.01. The molecule has 7 heteroatoms. The monoisotopic (exact) mass is 354 g/mol. The summed E-state index contributed by atoms with van der Waals surface area (Å²) in [5.74, 6) is -0.515. The van der Waals surface area contributed by atoms with Crippen molar-refractivity contribution in [3.63, 3.8) is 0 Å². The van der Waals surface area contributed by atoms with Crippen LogP contribution in [0.1, 0.15) is 42.6 Å². The molecule has 0 atom stereocenters. The van der Waals surface area contributed by atoms with E-state index >= 15 is 0 Å². The molecule has 2 rings (SSSR count). The van der Waals surface area contributed by atoms with Crippen LogP contribution in [0.3, 0.4) is 0 Å². The zero-order valence-electron chi connectivity index (χ0n) is 14.5. The highest BCUT2D eigenvalue weighted by Gasteiger charge is 2.29. The van der Waals surface area contributed by atoms with Crippen LogP contribution in [-0.4, -0.2) is 40.6 Å². The number of benzene rings is 1. The van der Waals surface area contributed by atoms with Gasteiger partial charge in [0.25, 0.3) is 0 Å². The molecule has 1 aliphatic rings. The minimum Gasteiger partial charge on any atom is -0.462 e. The maximum atomic E-state index is 12.7. The minimum absolute atomic E-state index is 0.0506.